The van der Waals surface area contributed by atoms with E-state index in [1.54, 1.807) is 5.57 Å². The van der Waals surface area contributed by atoms with Gasteiger partial charge in [0.1, 0.15) is 0 Å². The molecular formula is C16H30. The fraction of sp³-hybridized carbons (Fsp3) is 0.750. The fourth-order valence-electron chi connectivity index (χ4n) is 2.10. The Morgan fingerprint density at radius 3 is 2.00 bits per heavy atom. The van der Waals surface area contributed by atoms with E-state index in [1.807, 2.05) is 0 Å². The van der Waals surface area contributed by atoms with Crippen LogP contribution in [0, 0.1) is 11.8 Å². The van der Waals surface area contributed by atoms with Crippen LogP contribution in [-0.4, -0.2) is 0 Å². The van der Waals surface area contributed by atoms with Crippen LogP contribution in [0.4, 0.5) is 0 Å². The zero-order valence-electron chi connectivity index (χ0n) is 12.2. The Labute approximate surface area is 103 Å². The molecule has 1 unspecified atom stereocenters. The summed E-state index contributed by atoms with van der Waals surface area (Å²) in [5.41, 5.74) is 4.31. The molecule has 0 spiro atoms. The van der Waals surface area contributed by atoms with Gasteiger partial charge >= 0.3 is 0 Å². The lowest BCUT2D eigenvalue weighted by molar-refractivity contribution is 0.478. The van der Waals surface area contributed by atoms with Crippen molar-refractivity contribution >= 4 is 0 Å². The highest BCUT2D eigenvalue weighted by molar-refractivity contribution is 5.31. The Hall–Kier alpha value is -0.520. The van der Waals surface area contributed by atoms with Gasteiger partial charge in [0.25, 0.3) is 0 Å². The summed E-state index contributed by atoms with van der Waals surface area (Å²) in [6, 6.07) is 0. The molecule has 0 aromatic rings. The largest absolute Gasteiger partial charge is 0.0959 e. The van der Waals surface area contributed by atoms with Crippen LogP contribution in [0.3, 0.4) is 0 Å². The molecule has 1 atom stereocenters. The molecule has 0 radical (unpaired) electrons. The van der Waals surface area contributed by atoms with Crippen molar-refractivity contribution in [3.8, 4) is 0 Å². The third kappa shape index (κ3) is 5.53. The molecule has 94 valence electrons. The van der Waals surface area contributed by atoms with Crippen LogP contribution in [0.2, 0.25) is 0 Å². The number of allylic oxidation sites excluding steroid dienone is 3. The molecule has 0 aliphatic rings. The minimum Gasteiger partial charge on any atom is -0.0959 e. The molecule has 0 amide bonds. The average molecular weight is 222 g/mol. The van der Waals surface area contributed by atoms with E-state index >= 15 is 0 Å². The van der Waals surface area contributed by atoms with Gasteiger partial charge in [0.15, 0.2) is 0 Å². The van der Waals surface area contributed by atoms with Gasteiger partial charge in [-0.2, -0.15) is 0 Å². The first kappa shape index (κ1) is 15.5. The first-order chi connectivity index (χ1) is 7.40. The molecule has 0 aliphatic carbocycles. The second-order valence-electron chi connectivity index (χ2n) is 5.55. The molecule has 0 aliphatic heterocycles. The van der Waals surface area contributed by atoms with Gasteiger partial charge in [-0.15, -0.1) is 0 Å². The first-order valence-electron chi connectivity index (χ1n) is 6.75. The summed E-state index contributed by atoms with van der Waals surface area (Å²) in [6.07, 6.45) is 5.12. The molecule has 0 saturated heterocycles. The van der Waals surface area contributed by atoms with Crippen LogP contribution >= 0.6 is 0 Å². The third-order valence-corrected chi connectivity index (χ3v) is 3.41. The summed E-state index contributed by atoms with van der Waals surface area (Å²) in [7, 11) is 0. The Bertz CT molecular complexity index is 243. The normalized spacial score (nSPS) is 14.9. The highest BCUT2D eigenvalue weighted by Crippen LogP contribution is 2.28. The molecule has 16 heavy (non-hydrogen) atoms. The van der Waals surface area contributed by atoms with Crippen molar-refractivity contribution in [3.63, 3.8) is 0 Å². The molecule has 0 saturated carbocycles. The van der Waals surface area contributed by atoms with Gasteiger partial charge in [0.2, 0.25) is 0 Å². The summed E-state index contributed by atoms with van der Waals surface area (Å²) in [4.78, 5) is 0. The van der Waals surface area contributed by atoms with Crippen LogP contribution in [0.25, 0.3) is 0 Å². The highest BCUT2D eigenvalue weighted by Gasteiger charge is 2.12. The van der Waals surface area contributed by atoms with Gasteiger partial charge in [-0.1, -0.05) is 58.3 Å². The molecule has 0 rings (SSSR count). The third-order valence-electron chi connectivity index (χ3n) is 3.41. The zero-order chi connectivity index (χ0) is 12.7. The topological polar surface area (TPSA) is 0 Å². The van der Waals surface area contributed by atoms with Crippen LogP contribution in [0.1, 0.15) is 67.2 Å². The standard InChI is InChI=1S/C16H30/c1-8-9-16(15(7)13(4)5)14(6)11-10-12(2)3/h12,14H,4,8-11H2,1-3,5-7H3. The Morgan fingerprint density at radius 2 is 1.62 bits per heavy atom. The van der Waals surface area contributed by atoms with Crippen molar-refractivity contribution in [1.82, 2.24) is 0 Å². The van der Waals surface area contributed by atoms with Crippen molar-refractivity contribution in [2.45, 2.75) is 67.2 Å². The second kappa shape index (κ2) is 7.70. The number of hydrogen-bond acceptors (Lipinski definition) is 0. The Kier molecular flexibility index (Phi) is 7.45. The molecule has 0 nitrogen and oxygen atoms in total. The lowest BCUT2D eigenvalue weighted by Crippen LogP contribution is -2.05. The zero-order valence-corrected chi connectivity index (χ0v) is 12.2. The van der Waals surface area contributed by atoms with Crippen LogP contribution in [0.5, 0.6) is 0 Å². The highest BCUT2D eigenvalue weighted by atomic mass is 14.2. The molecule has 0 bridgehead atoms. The van der Waals surface area contributed by atoms with Gasteiger partial charge in [0, 0.05) is 0 Å². The van der Waals surface area contributed by atoms with Crippen molar-refractivity contribution in [3.05, 3.63) is 23.3 Å². The van der Waals surface area contributed by atoms with E-state index < -0.39 is 0 Å². The monoisotopic (exact) mass is 222 g/mol. The predicted octanol–water partition coefficient (Wildman–Crippen LogP) is 5.75. The van der Waals surface area contributed by atoms with Gasteiger partial charge in [-0.05, 0) is 44.1 Å². The summed E-state index contributed by atoms with van der Waals surface area (Å²) >= 11 is 0. The minimum absolute atomic E-state index is 0.721. The van der Waals surface area contributed by atoms with Crippen LogP contribution in [0.15, 0.2) is 23.3 Å². The van der Waals surface area contributed by atoms with E-state index in [2.05, 4.69) is 48.1 Å². The summed E-state index contributed by atoms with van der Waals surface area (Å²) in [6.45, 7) is 17.7. The summed E-state index contributed by atoms with van der Waals surface area (Å²) in [5, 5.41) is 0. The molecule has 0 N–H and O–H groups in total. The average Bonchev–Trinajstić information content (AvgIpc) is 2.21. The van der Waals surface area contributed by atoms with E-state index in [4.69, 9.17) is 0 Å². The lowest BCUT2D eigenvalue weighted by atomic mass is 9.86. The van der Waals surface area contributed by atoms with Crippen LogP contribution in [-0.2, 0) is 0 Å². The number of rotatable bonds is 7. The van der Waals surface area contributed by atoms with Crippen molar-refractivity contribution in [1.29, 1.82) is 0 Å². The lowest BCUT2D eigenvalue weighted by Gasteiger charge is -2.20. The summed E-state index contributed by atoms with van der Waals surface area (Å²) in [5.74, 6) is 1.54. The van der Waals surface area contributed by atoms with E-state index in [0.29, 0.717) is 0 Å². The summed E-state index contributed by atoms with van der Waals surface area (Å²) < 4.78 is 0. The van der Waals surface area contributed by atoms with Gasteiger partial charge in [-0.3, -0.25) is 0 Å². The van der Waals surface area contributed by atoms with Crippen molar-refractivity contribution in [2.24, 2.45) is 11.8 Å². The fourth-order valence-corrected chi connectivity index (χ4v) is 2.10. The van der Waals surface area contributed by atoms with Crippen molar-refractivity contribution in [2.75, 3.05) is 0 Å². The molecular weight excluding hydrogens is 192 g/mol. The Morgan fingerprint density at radius 1 is 1.06 bits per heavy atom. The quantitative estimate of drug-likeness (QED) is 0.481. The van der Waals surface area contributed by atoms with E-state index in [-0.39, 0.29) is 0 Å². The second-order valence-corrected chi connectivity index (χ2v) is 5.55. The van der Waals surface area contributed by atoms with E-state index in [9.17, 15) is 0 Å². The van der Waals surface area contributed by atoms with E-state index in [0.717, 1.165) is 11.8 Å². The molecule has 0 heteroatoms. The SMILES string of the molecule is C=C(C)C(C)=C(CCC)C(C)CCC(C)C. The minimum atomic E-state index is 0.721. The van der Waals surface area contributed by atoms with Crippen molar-refractivity contribution < 1.29 is 0 Å². The molecule has 0 fully saturated rings. The molecule has 0 heterocycles. The van der Waals surface area contributed by atoms with Crippen LogP contribution < -0.4 is 0 Å². The first-order valence-corrected chi connectivity index (χ1v) is 6.75. The predicted molar refractivity (Wildman–Crippen MR) is 75.7 cm³/mol. The smallest absolute Gasteiger partial charge is 0.0226 e. The maximum absolute atomic E-state index is 4.08. The van der Waals surface area contributed by atoms with E-state index in [1.165, 1.54) is 36.8 Å². The maximum atomic E-state index is 4.08. The number of hydrogen-bond donors (Lipinski definition) is 0. The van der Waals surface area contributed by atoms with Gasteiger partial charge < -0.3 is 0 Å². The maximum Gasteiger partial charge on any atom is -0.0226 e. The molecule has 0 aromatic heterocycles. The Balaban J connectivity index is 4.65. The van der Waals surface area contributed by atoms with Gasteiger partial charge in [0.05, 0.1) is 0 Å². The molecule has 0 aromatic carbocycles. The van der Waals surface area contributed by atoms with Gasteiger partial charge in [-0.25, -0.2) is 0 Å².